The summed E-state index contributed by atoms with van der Waals surface area (Å²) in [4.78, 5) is 46.9. The number of ether oxygens (including phenoxy) is 3. The molecule has 0 radical (unpaired) electrons. The highest BCUT2D eigenvalue weighted by atomic mass is 16.6. The minimum Gasteiger partial charge on any atom is -0.475 e. The molecule has 53 heavy (non-hydrogen) atoms. The van der Waals surface area contributed by atoms with E-state index >= 15 is 0 Å². The van der Waals surface area contributed by atoms with Crippen molar-refractivity contribution in [2.24, 2.45) is 0 Å². The van der Waals surface area contributed by atoms with Gasteiger partial charge in [-0.2, -0.15) is 0 Å². The van der Waals surface area contributed by atoms with Crippen LogP contribution in [0, 0.1) is 13.8 Å². The molecule has 272 valence electrons. The number of piperazine rings is 1. The first kappa shape index (κ1) is 36.3. The minimum atomic E-state index is -0.651. The Bertz CT molecular complexity index is 2190. The highest BCUT2D eigenvalue weighted by Crippen LogP contribution is 2.27. The van der Waals surface area contributed by atoms with Gasteiger partial charge in [-0.05, 0) is 81.3 Å². The molecule has 7 rings (SSSR count). The predicted octanol–water partition coefficient (Wildman–Crippen LogP) is 7.64. The normalized spacial score (nSPS) is 12.5. The number of hydrogen-bond acceptors (Lipinski definition) is 10. The van der Waals surface area contributed by atoms with Crippen LogP contribution in [-0.2, 0) is 0 Å². The Balaban J connectivity index is 0.000000188. The fourth-order valence-electron chi connectivity index (χ4n) is 5.73. The molecule has 0 spiro atoms. The van der Waals surface area contributed by atoms with Crippen molar-refractivity contribution in [2.75, 3.05) is 54.9 Å². The predicted molar refractivity (Wildman–Crippen MR) is 206 cm³/mol. The number of hydrogen-bond donors (Lipinski definition) is 2. The first-order valence-corrected chi connectivity index (χ1v) is 17.5. The van der Waals surface area contributed by atoms with Gasteiger partial charge in [0.05, 0.1) is 35.3 Å². The topological polar surface area (TPSA) is 144 Å². The highest BCUT2D eigenvalue weighted by molar-refractivity contribution is 5.91. The number of fused-ring (bicyclic) bond motifs is 2. The number of para-hydroxylation sites is 5. The molecule has 2 aromatic heterocycles. The molecule has 4 aromatic carbocycles. The number of urea groups is 1. The van der Waals surface area contributed by atoms with Crippen LogP contribution in [0.3, 0.4) is 0 Å². The van der Waals surface area contributed by atoms with Gasteiger partial charge in [0.15, 0.2) is 11.6 Å². The Morgan fingerprint density at radius 2 is 1.13 bits per heavy atom. The maximum Gasteiger partial charge on any atom is 0.418 e. The first-order valence-electron chi connectivity index (χ1n) is 17.5. The smallest absolute Gasteiger partial charge is 0.418 e. The number of carbonyl (C=O) groups is 2. The molecule has 2 N–H and O–H groups in total. The van der Waals surface area contributed by atoms with Crippen molar-refractivity contribution in [2.45, 2.75) is 27.7 Å². The summed E-state index contributed by atoms with van der Waals surface area (Å²) < 4.78 is 16.3. The monoisotopic (exact) mass is 714 g/mol. The van der Waals surface area contributed by atoms with E-state index in [1.807, 2.05) is 73.3 Å². The van der Waals surface area contributed by atoms with Gasteiger partial charge in [-0.25, -0.2) is 29.5 Å². The summed E-state index contributed by atoms with van der Waals surface area (Å²) in [6.45, 7) is 11.7. The first-order chi connectivity index (χ1) is 25.8. The van der Waals surface area contributed by atoms with Gasteiger partial charge < -0.3 is 24.0 Å². The third kappa shape index (κ3) is 9.06. The van der Waals surface area contributed by atoms with Crippen molar-refractivity contribution in [3.05, 3.63) is 108 Å². The van der Waals surface area contributed by atoms with E-state index in [9.17, 15) is 9.59 Å². The SMILES string of the molecule is CCOc1nc2ccccc2nc1NC(=O)N1CCN(c2cccc(C)c2C)CC1.CCOc1nc2ccccc2nc1NC(=O)Oc1ccccc1. The molecule has 13 nitrogen and oxygen atoms in total. The van der Waals surface area contributed by atoms with Crippen LogP contribution in [0.15, 0.2) is 97.1 Å². The van der Waals surface area contributed by atoms with Gasteiger partial charge in [0.1, 0.15) is 5.75 Å². The second kappa shape index (κ2) is 17.1. The Kier molecular flexibility index (Phi) is 11.7. The third-order valence-electron chi connectivity index (χ3n) is 8.52. The minimum absolute atomic E-state index is 0.179. The van der Waals surface area contributed by atoms with Gasteiger partial charge >= 0.3 is 12.1 Å². The van der Waals surface area contributed by atoms with E-state index in [4.69, 9.17) is 14.2 Å². The number of benzene rings is 4. The number of anilines is 3. The third-order valence-corrected chi connectivity index (χ3v) is 8.52. The lowest BCUT2D eigenvalue weighted by atomic mass is 10.1. The van der Waals surface area contributed by atoms with Gasteiger partial charge in [0.2, 0.25) is 0 Å². The molecule has 1 saturated heterocycles. The molecule has 0 aliphatic carbocycles. The molecule has 0 saturated carbocycles. The fraction of sp³-hybridized carbons (Fsp3) is 0.250. The lowest BCUT2D eigenvalue weighted by molar-refractivity contribution is 0.207. The maximum absolute atomic E-state index is 12.9. The van der Waals surface area contributed by atoms with Gasteiger partial charge in [-0.15, -0.1) is 0 Å². The number of aryl methyl sites for hydroxylation is 1. The zero-order chi connectivity index (χ0) is 37.2. The molecule has 3 amide bonds. The van der Waals surface area contributed by atoms with Crippen LogP contribution in [0.4, 0.5) is 26.9 Å². The number of aromatic nitrogens is 4. The Morgan fingerprint density at radius 3 is 1.68 bits per heavy atom. The van der Waals surface area contributed by atoms with Crippen LogP contribution in [0.1, 0.15) is 25.0 Å². The number of nitrogens with zero attached hydrogens (tertiary/aromatic N) is 6. The van der Waals surface area contributed by atoms with Crippen LogP contribution in [0.2, 0.25) is 0 Å². The molecule has 1 fully saturated rings. The van der Waals surface area contributed by atoms with Crippen LogP contribution in [0.5, 0.6) is 17.5 Å². The molecule has 13 heteroatoms. The Morgan fingerprint density at radius 1 is 0.623 bits per heavy atom. The fourth-order valence-corrected chi connectivity index (χ4v) is 5.73. The van der Waals surface area contributed by atoms with Crippen molar-refractivity contribution >= 4 is 51.5 Å². The molecule has 3 heterocycles. The van der Waals surface area contributed by atoms with Crippen molar-refractivity contribution in [3.63, 3.8) is 0 Å². The lowest BCUT2D eigenvalue weighted by Gasteiger charge is -2.37. The maximum atomic E-state index is 12.9. The second-order valence-electron chi connectivity index (χ2n) is 12.0. The summed E-state index contributed by atoms with van der Waals surface area (Å²) in [6.07, 6.45) is -0.651. The Hall–Kier alpha value is -6.50. The van der Waals surface area contributed by atoms with Crippen molar-refractivity contribution in [3.8, 4) is 17.5 Å². The van der Waals surface area contributed by atoms with E-state index < -0.39 is 6.09 Å². The quantitative estimate of drug-likeness (QED) is 0.161. The highest BCUT2D eigenvalue weighted by Gasteiger charge is 2.24. The largest absolute Gasteiger partial charge is 0.475 e. The molecule has 0 atom stereocenters. The summed E-state index contributed by atoms with van der Waals surface area (Å²) in [5.74, 6) is 1.63. The second-order valence-corrected chi connectivity index (χ2v) is 12.0. The molecular weight excluding hydrogens is 672 g/mol. The number of amides is 3. The molecule has 1 aliphatic heterocycles. The lowest BCUT2D eigenvalue weighted by Crippen LogP contribution is -2.50. The zero-order valence-electron chi connectivity index (χ0n) is 30.2. The van der Waals surface area contributed by atoms with E-state index in [-0.39, 0.29) is 17.7 Å². The standard InChI is InChI=1S/C23H27N5O2.C17H15N3O3/c1-4-30-22-21(24-18-9-5-6-10-19(18)25-22)26-23(29)28-14-12-27(13-15-28)20-11-7-8-16(2)17(20)3;1-2-22-16-15(18-13-10-6-7-11-14(13)19-16)20-17(21)23-12-8-4-3-5-9-12/h5-11H,4,12-15H2,1-3H3,(H,24,26,29);3-11H,2H2,1H3,(H,18,20,21). The molecule has 6 aromatic rings. The van der Waals surface area contributed by atoms with Crippen molar-refractivity contribution < 1.29 is 23.8 Å². The van der Waals surface area contributed by atoms with Crippen LogP contribution < -0.4 is 29.7 Å². The van der Waals surface area contributed by atoms with Crippen molar-refractivity contribution in [1.82, 2.24) is 24.8 Å². The number of carbonyl (C=O) groups excluding carboxylic acids is 2. The van der Waals surface area contributed by atoms with Crippen LogP contribution in [0.25, 0.3) is 22.1 Å². The van der Waals surface area contributed by atoms with Gasteiger partial charge in [0.25, 0.3) is 11.8 Å². The van der Waals surface area contributed by atoms with Crippen molar-refractivity contribution in [1.29, 1.82) is 0 Å². The van der Waals surface area contributed by atoms with E-state index in [1.165, 1.54) is 16.8 Å². The van der Waals surface area contributed by atoms with Gasteiger partial charge in [0, 0.05) is 31.9 Å². The Labute approximate surface area is 308 Å². The summed E-state index contributed by atoms with van der Waals surface area (Å²) >= 11 is 0. The van der Waals surface area contributed by atoms with E-state index in [0.29, 0.717) is 54.8 Å². The summed E-state index contributed by atoms with van der Waals surface area (Å²) in [6, 6.07) is 29.9. The summed E-state index contributed by atoms with van der Waals surface area (Å²) in [5, 5.41) is 5.48. The zero-order valence-corrected chi connectivity index (χ0v) is 30.2. The van der Waals surface area contributed by atoms with Gasteiger partial charge in [-0.1, -0.05) is 54.6 Å². The average Bonchev–Trinajstić information content (AvgIpc) is 3.17. The summed E-state index contributed by atoms with van der Waals surface area (Å²) in [5.41, 5.74) is 6.63. The van der Waals surface area contributed by atoms with E-state index in [1.54, 1.807) is 24.3 Å². The van der Waals surface area contributed by atoms with E-state index in [2.05, 4.69) is 67.5 Å². The molecule has 0 unspecified atom stereocenters. The van der Waals surface area contributed by atoms with Gasteiger partial charge in [-0.3, -0.25) is 10.6 Å². The summed E-state index contributed by atoms with van der Waals surface area (Å²) in [7, 11) is 0. The molecular formula is C40H42N8O5. The average molecular weight is 715 g/mol. The molecule has 0 bridgehead atoms. The number of nitrogens with one attached hydrogen (secondary N) is 2. The van der Waals surface area contributed by atoms with E-state index in [0.717, 1.165) is 24.1 Å². The molecule has 1 aliphatic rings. The van der Waals surface area contributed by atoms with Crippen LogP contribution >= 0.6 is 0 Å². The van der Waals surface area contributed by atoms with Crippen LogP contribution in [-0.4, -0.2) is 76.4 Å². The number of rotatable bonds is 8.